The quantitative estimate of drug-likeness (QED) is 0.592. The molecule has 0 saturated carbocycles. The van der Waals surface area contributed by atoms with Crippen LogP contribution in [0.4, 0.5) is 15.0 Å². The molecule has 3 N–H and O–H groups in total. The molecule has 1 aliphatic heterocycles. The van der Waals surface area contributed by atoms with Gasteiger partial charge >= 0.3 is 6.09 Å². The molecule has 0 aliphatic carbocycles. The molecule has 11 nitrogen and oxygen atoms in total. The number of hydrogen-bond donors (Lipinski definition) is 2. The van der Waals surface area contributed by atoms with Gasteiger partial charge in [-0.1, -0.05) is 0 Å². The number of hydrogen-bond acceptors (Lipinski definition) is 8. The van der Waals surface area contributed by atoms with Crippen molar-refractivity contribution in [1.82, 2.24) is 35.3 Å². The third-order valence-corrected chi connectivity index (χ3v) is 5.24. The van der Waals surface area contributed by atoms with Gasteiger partial charge in [-0.2, -0.15) is 10.3 Å². The number of rotatable bonds is 6. The maximum atomic E-state index is 14.4. The highest BCUT2D eigenvalue weighted by Gasteiger charge is 2.27. The Morgan fingerprint density at radius 2 is 2.12 bits per heavy atom. The SMILES string of the molecule is CC(C)OC(=O)N1CCC(n2ncc(COc3ccc(-c4nn[nH]n4)cc3F)c2N)CC1. The molecule has 12 heteroatoms. The molecule has 1 aromatic carbocycles. The van der Waals surface area contributed by atoms with Crippen molar-refractivity contribution in [3.05, 3.63) is 35.8 Å². The Kier molecular flexibility index (Phi) is 6.19. The summed E-state index contributed by atoms with van der Waals surface area (Å²) in [6.45, 7) is 4.86. The highest BCUT2D eigenvalue weighted by atomic mass is 19.1. The monoisotopic (exact) mass is 444 g/mol. The number of carbonyl (C=O) groups excluding carboxylic acids is 1. The van der Waals surface area contributed by atoms with E-state index in [9.17, 15) is 9.18 Å². The van der Waals surface area contributed by atoms with Gasteiger partial charge in [-0.25, -0.2) is 13.9 Å². The van der Waals surface area contributed by atoms with E-state index in [1.165, 1.54) is 12.1 Å². The third kappa shape index (κ3) is 4.63. The van der Waals surface area contributed by atoms with Gasteiger partial charge in [-0.05, 0) is 50.1 Å². The van der Waals surface area contributed by atoms with Gasteiger partial charge in [0, 0.05) is 18.7 Å². The minimum Gasteiger partial charge on any atom is -0.486 e. The molecule has 0 spiro atoms. The van der Waals surface area contributed by atoms with Crippen LogP contribution in [0.5, 0.6) is 5.75 Å². The number of carbonyl (C=O) groups is 1. The van der Waals surface area contributed by atoms with E-state index in [-0.39, 0.29) is 30.6 Å². The first-order valence-electron chi connectivity index (χ1n) is 10.4. The molecule has 0 unspecified atom stereocenters. The standard InChI is InChI=1S/C20H25FN8O3/c1-12(2)32-20(30)28-7-5-15(6-8-28)29-18(22)14(10-23-29)11-31-17-4-3-13(9-16(17)21)19-24-26-27-25-19/h3-4,9-10,12,15H,5-8,11,22H2,1-2H3,(H,24,25,26,27). The minimum atomic E-state index is -0.543. The van der Waals surface area contributed by atoms with Crippen LogP contribution in [0.1, 0.15) is 38.3 Å². The Balaban J connectivity index is 1.35. The Morgan fingerprint density at radius 1 is 1.34 bits per heavy atom. The van der Waals surface area contributed by atoms with Crippen LogP contribution in [0.2, 0.25) is 0 Å². The van der Waals surface area contributed by atoms with Gasteiger partial charge in [0.05, 0.1) is 23.9 Å². The summed E-state index contributed by atoms with van der Waals surface area (Å²) in [6, 6.07) is 4.50. The molecule has 1 amide bonds. The molecule has 0 atom stereocenters. The zero-order valence-corrected chi connectivity index (χ0v) is 17.9. The third-order valence-electron chi connectivity index (χ3n) is 5.24. The molecule has 2 aromatic heterocycles. The molecule has 170 valence electrons. The van der Waals surface area contributed by atoms with E-state index in [1.807, 2.05) is 13.8 Å². The summed E-state index contributed by atoms with van der Waals surface area (Å²) >= 11 is 0. The van der Waals surface area contributed by atoms with E-state index in [4.69, 9.17) is 15.2 Å². The fourth-order valence-corrected chi connectivity index (χ4v) is 3.58. The number of halogens is 1. The minimum absolute atomic E-state index is 0.0674. The summed E-state index contributed by atoms with van der Waals surface area (Å²) in [6.07, 6.45) is 2.61. The van der Waals surface area contributed by atoms with Crippen LogP contribution < -0.4 is 10.5 Å². The summed E-state index contributed by atoms with van der Waals surface area (Å²) in [4.78, 5) is 13.8. The molecular formula is C20H25FN8O3. The van der Waals surface area contributed by atoms with Crippen LogP contribution in [0, 0.1) is 5.82 Å². The van der Waals surface area contributed by atoms with Crippen LogP contribution in [0.3, 0.4) is 0 Å². The average Bonchev–Trinajstić information content (AvgIpc) is 3.43. The lowest BCUT2D eigenvalue weighted by Crippen LogP contribution is -2.40. The molecule has 3 aromatic rings. The van der Waals surface area contributed by atoms with Gasteiger partial charge < -0.3 is 20.1 Å². The number of aromatic nitrogens is 6. The van der Waals surface area contributed by atoms with E-state index in [2.05, 4.69) is 25.7 Å². The van der Waals surface area contributed by atoms with E-state index >= 15 is 0 Å². The molecule has 4 rings (SSSR count). The molecule has 3 heterocycles. The first-order valence-corrected chi connectivity index (χ1v) is 10.4. The number of nitrogen functional groups attached to an aromatic ring is 1. The van der Waals surface area contributed by atoms with E-state index in [0.29, 0.717) is 48.7 Å². The predicted octanol–water partition coefficient (Wildman–Crippen LogP) is 2.55. The Hall–Kier alpha value is -3.70. The van der Waals surface area contributed by atoms with Gasteiger partial charge in [0.15, 0.2) is 11.6 Å². The number of H-pyrrole nitrogens is 1. The van der Waals surface area contributed by atoms with Crippen molar-refractivity contribution in [3.8, 4) is 17.1 Å². The Labute approximate surface area is 183 Å². The van der Waals surface area contributed by atoms with Crippen molar-refractivity contribution in [2.75, 3.05) is 18.8 Å². The summed E-state index contributed by atoms with van der Waals surface area (Å²) in [5.74, 6) is 0.307. The van der Waals surface area contributed by atoms with Gasteiger partial charge in [-0.15, -0.1) is 10.2 Å². The Morgan fingerprint density at radius 3 is 2.78 bits per heavy atom. The van der Waals surface area contributed by atoms with Crippen molar-refractivity contribution in [2.45, 2.75) is 45.4 Å². The van der Waals surface area contributed by atoms with Crippen molar-refractivity contribution in [2.24, 2.45) is 0 Å². The molecular weight excluding hydrogens is 419 g/mol. The molecule has 1 saturated heterocycles. The number of nitrogens with one attached hydrogen (secondary N) is 1. The first-order chi connectivity index (χ1) is 15.4. The van der Waals surface area contributed by atoms with Crippen molar-refractivity contribution >= 4 is 11.9 Å². The van der Waals surface area contributed by atoms with Crippen LogP contribution in [0.25, 0.3) is 11.4 Å². The largest absolute Gasteiger partial charge is 0.486 e. The number of piperidine rings is 1. The van der Waals surface area contributed by atoms with Gasteiger partial charge in [0.25, 0.3) is 0 Å². The number of nitrogens with zero attached hydrogens (tertiary/aromatic N) is 6. The maximum absolute atomic E-state index is 14.4. The molecule has 1 aliphatic rings. The normalized spacial score (nSPS) is 14.7. The topological polar surface area (TPSA) is 137 Å². The first kappa shape index (κ1) is 21.5. The van der Waals surface area contributed by atoms with Crippen LogP contribution >= 0.6 is 0 Å². The smallest absolute Gasteiger partial charge is 0.410 e. The molecule has 0 radical (unpaired) electrons. The number of amides is 1. The van der Waals surface area contributed by atoms with Crippen molar-refractivity contribution < 1.29 is 18.7 Å². The number of benzene rings is 1. The number of nitrogens with two attached hydrogens (primary N) is 1. The lowest BCUT2D eigenvalue weighted by Gasteiger charge is -2.32. The number of likely N-dealkylation sites (tertiary alicyclic amines) is 1. The second-order valence-corrected chi connectivity index (χ2v) is 7.82. The zero-order chi connectivity index (χ0) is 22.7. The van der Waals surface area contributed by atoms with Gasteiger partial charge in [-0.3, -0.25) is 0 Å². The molecule has 32 heavy (non-hydrogen) atoms. The highest BCUT2D eigenvalue weighted by Crippen LogP contribution is 2.28. The number of ether oxygens (including phenoxy) is 2. The Bertz CT molecular complexity index is 1060. The average molecular weight is 444 g/mol. The zero-order valence-electron chi connectivity index (χ0n) is 17.9. The van der Waals surface area contributed by atoms with Gasteiger partial charge in [0.2, 0.25) is 5.82 Å². The van der Waals surface area contributed by atoms with Gasteiger partial charge in [0.1, 0.15) is 12.4 Å². The van der Waals surface area contributed by atoms with E-state index in [0.717, 1.165) is 0 Å². The molecule has 1 fully saturated rings. The van der Waals surface area contributed by atoms with Crippen molar-refractivity contribution in [1.29, 1.82) is 0 Å². The number of aromatic amines is 1. The summed E-state index contributed by atoms with van der Waals surface area (Å²) in [7, 11) is 0. The second kappa shape index (κ2) is 9.20. The predicted molar refractivity (Wildman–Crippen MR) is 112 cm³/mol. The van der Waals surface area contributed by atoms with E-state index < -0.39 is 5.82 Å². The number of tetrazole rings is 1. The summed E-state index contributed by atoms with van der Waals surface area (Å²) in [5, 5.41) is 17.8. The second-order valence-electron chi connectivity index (χ2n) is 7.82. The van der Waals surface area contributed by atoms with E-state index in [1.54, 1.807) is 21.8 Å². The van der Waals surface area contributed by atoms with Crippen molar-refractivity contribution in [3.63, 3.8) is 0 Å². The highest BCUT2D eigenvalue weighted by molar-refractivity contribution is 5.67. The lowest BCUT2D eigenvalue weighted by molar-refractivity contribution is 0.0655. The maximum Gasteiger partial charge on any atom is 0.410 e. The fourth-order valence-electron chi connectivity index (χ4n) is 3.58. The summed E-state index contributed by atoms with van der Waals surface area (Å²) < 4.78 is 27.0. The molecule has 0 bridgehead atoms. The van der Waals surface area contributed by atoms with Crippen LogP contribution in [0.15, 0.2) is 24.4 Å². The summed E-state index contributed by atoms with van der Waals surface area (Å²) in [5.41, 5.74) is 7.43. The fraction of sp³-hybridized carbons (Fsp3) is 0.450. The van der Waals surface area contributed by atoms with Crippen LogP contribution in [-0.2, 0) is 11.3 Å². The van der Waals surface area contributed by atoms with Crippen LogP contribution in [-0.4, -0.2) is 60.6 Å². The lowest BCUT2D eigenvalue weighted by atomic mass is 10.1. The number of anilines is 1.